The molecule has 1 aliphatic heterocycles. The molecule has 0 radical (unpaired) electrons. The van der Waals surface area contributed by atoms with Crippen LogP contribution in [0.25, 0.3) is 0 Å². The SMILES string of the molecule is COc1cccc2c1NC=CC2. The lowest BCUT2D eigenvalue weighted by Crippen LogP contribution is -2.01. The van der Waals surface area contributed by atoms with Gasteiger partial charge in [0, 0.05) is 0 Å². The molecule has 0 atom stereocenters. The Bertz CT molecular complexity index is 318. The maximum Gasteiger partial charge on any atom is 0.142 e. The first-order valence-electron chi connectivity index (χ1n) is 3.99. The maximum atomic E-state index is 5.22. The Morgan fingerprint density at radius 1 is 1.42 bits per heavy atom. The number of hydrogen-bond acceptors (Lipinski definition) is 2. The Kier molecular flexibility index (Phi) is 1.74. The van der Waals surface area contributed by atoms with Gasteiger partial charge in [-0.2, -0.15) is 0 Å². The van der Waals surface area contributed by atoms with Crippen LogP contribution >= 0.6 is 0 Å². The van der Waals surface area contributed by atoms with Crippen molar-refractivity contribution >= 4 is 5.69 Å². The van der Waals surface area contributed by atoms with Crippen LogP contribution < -0.4 is 10.1 Å². The van der Waals surface area contributed by atoms with Gasteiger partial charge in [0.2, 0.25) is 0 Å². The van der Waals surface area contributed by atoms with Gasteiger partial charge in [-0.3, -0.25) is 0 Å². The molecule has 2 nitrogen and oxygen atoms in total. The molecule has 1 aromatic rings. The topological polar surface area (TPSA) is 21.3 Å². The van der Waals surface area contributed by atoms with Crippen molar-refractivity contribution in [3.05, 3.63) is 36.0 Å². The van der Waals surface area contributed by atoms with Crippen molar-refractivity contribution < 1.29 is 4.74 Å². The lowest BCUT2D eigenvalue weighted by atomic mass is 10.1. The molecule has 1 heterocycles. The summed E-state index contributed by atoms with van der Waals surface area (Å²) >= 11 is 0. The van der Waals surface area contributed by atoms with E-state index in [0.717, 1.165) is 17.9 Å². The van der Waals surface area contributed by atoms with Crippen molar-refractivity contribution in [2.24, 2.45) is 0 Å². The number of allylic oxidation sites excluding steroid dienone is 1. The summed E-state index contributed by atoms with van der Waals surface area (Å²) in [5, 5.41) is 3.18. The molecule has 0 saturated carbocycles. The van der Waals surface area contributed by atoms with Crippen LogP contribution in [0.3, 0.4) is 0 Å². The third kappa shape index (κ3) is 1.05. The van der Waals surface area contributed by atoms with Gasteiger partial charge in [-0.1, -0.05) is 18.2 Å². The van der Waals surface area contributed by atoms with Crippen LogP contribution in [0, 0.1) is 0 Å². The largest absolute Gasteiger partial charge is 0.495 e. The second-order valence-electron chi connectivity index (χ2n) is 2.75. The molecule has 62 valence electrons. The molecular weight excluding hydrogens is 150 g/mol. The minimum atomic E-state index is 0.914. The van der Waals surface area contributed by atoms with Gasteiger partial charge in [0.05, 0.1) is 12.8 Å². The summed E-state index contributed by atoms with van der Waals surface area (Å²) < 4.78 is 5.22. The van der Waals surface area contributed by atoms with Crippen LogP contribution in [0.4, 0.5) is 5.69 Å². The Labute approximate surface area is 71.9 Å². The van der Waals surface area contributed by atoms with Gasteiger partial charge in [0.15, 0.2) is 0 Å². The van der Waals surface area contributed by atoms with E-state index >= 15 is 0 Å². The molecule has 0 amide bonds. The number of fused-ring (bicyclic) bond motifs is 1. The smallest absolute Gasteiger partial charge is 0.142 e. The zero-order valence-corrected chi connectivity index (χ0v) is 7.00. The lowest BCUT2D eigenvalue weighted by molar-refractivity contribution is 0.416. The quantitative estimate of drug-likeness (QED) is 0.681. The van der Waals surface area contributed by atoms with Gasteiger partial charge in [-0.25, -0.2) is 0 Å². The Morgan fingerprint density at radius 2 is 2.33 bits per heavy atom. The number of anilines is 1. The van der Waals surface area contributed by atoms with Gasteiger partial charge in [0.1, 0.15) is 5.75 Å². The number of benzene rings is 1. The molecule has 1 N–H and O–H groups in total. The summed E-state index contributed by atoms with van der Waals surface area (Å²) in [6.07, 6.45) is 5.03. The molecule has 2 heteroatoms. The highest BCUT2D eigenvalue weighted by molar-refractivity contribution is 5.65. The van der Waals surface area contributed by atoms with Gasteiger partial charge < -0.3 is 10.1 Å². The van der Waals surface area contributed by atoms with Crippen molar-refractivity contribution in [2.45, 2.75) is 6.42 Å². The summed E-state index contributed by atoms with van der Waals surface area (Å²) in [7, 11) is 1.69. The summed E-state index contributed by atoms with van der Waals surface area (Å²) in [4.78, 5) is 0. The van der Waals surface area contributed by atoms with Crippen LogP contribution in [-0.4, -0.2) is 7.11 Å². The maximum absolute atomic E-state index is 5.22. The van der Waals surface area contributed by atoms with E-state index < -0.39 is 0 Å². The highest BCUT2D eigenvalue weighted by atomic mass is 16.5. The minimum Gasteiger partial charge on any atom is -0.495 e. The number of para-hydroxylation sites is 1. The van der Waals surface area contributed by atoms with E-state index in [0.29, 0.717) is 0 Å². The molecule has 0 spiro atoms. The van der Waals surface area contributed by atoms with E-state index in [1.807, 2.05) is 18.3 Å². The van der Waals surface area contributed by atoms with E-state index in [2.05, 4.69) is 17.5 Å². The summed E-state index contributed by atoms with van der Waals surface area (Å²) in [6, 6.07) is 6.08. The van der Waals surface area contributed by atoms with Crippen molar-refractivity contribution in [1.29, 1.82) is 0 Å². The van der Waals surface area contributed by atoms with E-state index in [4.69, 9.17) is 4.74 Å². The van der Waals surface area contributed by atoms with Gasteiger partial charge in [-0.15, -0.1) is 0 Å². The predicted molar refractivity (Wildman–Crippen MR) is 49.5 cm³/mol. The molecule has 0 saturated heterocycles. The fraction of sp³-hybridized carbons (Fsp3) is 0.200. The highest BCUT2D eigenvalue weighted by Crippen LogP contribution is 2.30. The molecular formula is C10H11NO. The molecule has 2 rings (SSSR count). The molecule has 1 aliphatic rings. The molecule has 0 fully saturated rings. The van der Waals surface area contributed by atoms with E-state index in [9.17, 15) is 0 Å². The summed E-state index contributed by atoms with van der Waals surface area (Å²) in [6.45, 7) is 0. The van der Waals surface area contributed by atoms with E-state index in [1.54, 1.807) is 7.11 Å². The van der Waals surface area contributed by atoms with Crippen LogP contribution in [0.5, 0.6) is 5.75 Å². The Balaban J connectivity index is 2.48. The van der Waals surface area contributed by atoms with Crippen molar-refractivity contribution in [2.75, 3.05) is 12.4 Å². The first kappa shape index (κ1) is 7.22. The minimum absolute atomic E-state index is 0.914. The zero-order chi connectivity index (χ0) is 8.39. The molecule has 0 aliphatic carbocycles. The van der Waals surface area contributed by atoms with Crippen molar-refractivity contribution in [1.82, 2.24) is 0 Å². The first-order chi connectivity index (χ1) is 5.92. The molecule has 0 aromatic heterocycles. The van der Waals surface area contributed by atoms with Crippen LogP contribution in [0.15, 0.2) is 30.5 Å². The van der Waals surface area contributed by atoms with Crippen molar-refractivity contribution in [3.63, 3.8) is 0 Å². The predicted octanol–water partition coefficient (Wildman–Crippen LogP) is 2.18. The molecule has 0 unspecified atom stereocenters. The average molecular weight is 161 g/mol. The van der Waals surface area contributed by atoms with E-state index in [1.165, 1.54) is 5.56 Å². The normalized spacial score (nSPS) is 13.4. The van der Waals surface area contributed by atoms with Gasteiger partial charge >= 0.3 is 0 Å². The summed E-state index contributed by atoms with van der Waals surface area (Å²) in [5.74, 6) is 0.914. The number of methoxy groups -OCH3 is 1. The monoisotopic (exact) mass is 161 g/mol. The number of rotatable bonds is 1. The van der Waals surface area contributed by atoms with E-state index in [-0.39, 0.29) is 0 Å². The Hall–Kier alpha value is -1.44. The lowest BCUT2D eigenvalue weighted by Gasteiger charge is -2.15. The number of hydrogen-bond donors (Lipinski definition) is 1. The third-order valence-corrected chi connectivity index (χ3v) is 2.02. The number of nitrogens with one attached hydrogen (secondary N) is 1. The van der Waals surface area contributed by atoms with Crippen molar-refractivity contribution in [3.8, 4) is 5.75 Å². The fourth-order valence-electron chi connectivity index (χ4n) is 1.41. The molecule has 0 bridgehead atoms. The first-order valence-corrected chi connectivity index (χ1v) is 3.99. The zero-order valence-electron chi connectivity index (χ0n) is 7.00. The van der Waals surface area contributed by atoms with Crippen LogP contribution in [0.1, 0.15) is 5.56 Å². The number of ether oxygens (including phenoxy) is 1. The van der Waals surface area contributed by atoms with Crippen LogP contribution in [-0.2, 0) is 6.42 Å². The fourth-order valence-corrected chi connectivity index (χ4v) is 1.41. The second-order valence-corrected chi connectivity index (χ2v) is 2.75. The average Bonchev–Trinajstić information content (AvgIpc) is 2.17. The molecule has 1 aromatic carbocycles. The molecule has 12 heavy (non-hydrogen) atoms. The van der Waals surface area contributed by atoms with Gasteiger partial charge in [0.25, 0.3) is 0 Å². The second kappa shape index (κ2) is 2.89. The third-order valence-electron chi connectivity index (χ3n) is 2.02. The van der Waals surface area contributed by atoms with Gasteiger partial charge in [-0.05, 0) is 24.3 Å². The highest BCUT2D eigenvalue weighted by Gasteiger charge is 2.08. The Morgan fingerprint density at radius 3 is 3.17 bits per heavy atom. The standard InChI is InChI=1S/C10H11NO/c1-12-9-6-2-4-8-5-3-7-11-10(8)9/h2-4,6-7,11H,5H2,1H3. The van der Waals surface area contributed by atoms with Crippen LogP contribution in [0.2, 0.25) is 0 Å². The summed E-state index contributed by atoms with van der Waals surface area (Å²) in [5.41, 5.74) is 2.39.